The number of hydrogen-bond donors (Lipinski definition) is 0. The van der Waals surface area contributed by atoms with Crippen molar-refractivity contribution in [1.29, 1.82) is 0 Å². The minimum Gasteiger partial charge on any atom is -0.412 e. The monoisotopic (exact) mass is 480 g/mol. The first-order chi connectivity index (χ1) is 9.83. The van der Waals surface area contributed by atoms with Crippen LogP contribution in [0.15, 0.2) is 0 Å². The number of rotatable bonds is 14. The molecule has 0 aromatic carbocycles. The van der Waals surface area contributed by atoms with Gasteiger partial charge in [-0.2, -0.15) is 12.8 Å². The van der Waals surface area contributed by atoms with E-state index in [1.807, 2.05) is 0 Å². The number of hydrogen-bond acceptors (Lipinski definition) is 0. The fourth-order valence-corrected chi connectivity index (χ4v) is 2.27. The fraction of sp³-hybridized carbons (Fsp3) is 0.900. The van der Waals surface area contributed by atoms with Gasteiger partial charge in [0.1, 0.15) is 0 Å². The minimum atomic E-state index is 0. The van der Waals surface area contributed by atoms with E-state index >= 15 is 0 Å². The summed E-state index contributed by atoms with van der Waals surface area (Å²) in [5.41, 5.74) is 0. The van der Waals surface area contributed by atoms with Crippen molar-refractivity contribution < 1.29 is 31.3 Å². The Kier molecular flexibility index (Phi) is 46.6. The van der Waals surface area contributed by atoms with Gasteiger partial charge in [-0.3, -0.25) is 0 Å². The van der Waals surface area contributed by atoms with E-state index in [-0.39, 0.29) is 31.3 Å². The molecule has 0 rings (SSSR count). The third kappa shape index (κ3) is 37.2. The first-order valence-electron chi connectivity index (χ1n) is 9.41. The van der Waals surface area contributed by atoms with E-state index in [0.717, 1.165) is 12.8 Å². The molecule has 0 aliphatic heterocycles. The van der Waals surface area contributed by atoms with E-state index < -0.39 is 0 Å². The summed E-state index contributed by atoms with van der Waals surface area (Å²) in [6.07, 6.45) is 21.8. The molecule has 0 spiro atoms. The van der Waals surface area contributed by atoms with Crippen molar-refractivity contribution in [3.63, 3.8) is 0 Å². The molecule has 0 heterocycles. The Labute approximate surface area is 161 Å². The summed E-state index contributed by atoms with van der Waals surface area (Å²) < 4.78 is 0. The largest absolute Gasteiger partial charge is 0.412 e. The van der Waals surface area contributed by atoms with E-state index in [2.05, 4.69) is 27.7 Å². The Morgan fingerprint density at radius 1 is 0.455 bits per heavy atom. The average molecular weight is 479 g/mol. The van der Waals surface area contributed by atoms with Gasteiger partial charge in [0.25, 0.3) is 0 Å². The van der Waals surface area contributed by atoms with Gasteiger partial charge in [-0.25, -0.2) is 0 Å². The van der Waals surface area contributed by atoms with E-state index in [4.69, 9.17) is 0 Å². The van der Waals surface area contributed by atoms with Gasteiger partial charge in [0, 0.05) is 25.8 Å². The molecule has 0 radical (unpaired) electrons. The van der Waals surface area contributed by atoms with Gasteiger partial charge in [-0.15, -0.1) is 0 Å². The maximum absolute atomic E-state index is 3.82. The van der Waals surface area contributed by atoms with Gasteiger partial charge in [-0.1, -0.05) is 104 Å². The summed E-state index contributed by atoms with van der Waals surface area (Å²) in [5.74, 6) is 0. The van der Waals surface area contributed by atoms with E-state index in [1.165, 1.54) is 89.9 Å². The van der Waals surface area contributed by atoms with Gasteiger partial charge in [0.2, 0.25) is 0 Å². The molecule has 0 atom stereocenters. The van der Waals surface area contributed by atoms with Gasteiger partial charge in [0.15, 0.2) is 0 Å². The molecule has 0 saturated heterocycles. The summed E-state index contributed by atoms with van der Waals surface area (Å²) in [4.78, 5) is 0. The molecule has 0 unspecified atom stereocenters. The van der Waals surface area contributed by atoms with Crippen LogP contribution in [-0.4, -0.2) is 5.48 Å². The third-order valence-corrected chi connectivity index (χ3v) is 3.71. The molecule has 22 heavy (non-hydrogen) atoms. The molecule has 0 bridgehead atoms. The van der Waals surface area contributed by atoms with Crippen LogP contribution in [0.4, 0.5) is 0 Å². The molecule has 0 aliphatic carbocycles. The Balaban J connectivity index is -0.000000135. The normalized spacial score (nSPS) is 9.27. The van der Waals surface area contributed by atoms with Crippen molar-refractivity contribution >= 4 is 0 Å². The quantitative estimate of drug-likeness (QED) is 0.145. The topological polar surface area (TPSA) is 31.5 Å². The van der Waals surface area contributed by atoms with Crippen molar-refractivity contribution in [2.75, 3.05) is 0 Å². The summed E-state index contributed by atoms with van der Waals surface area (Å²) in [6, 6.07) is 0. The summed E-state index contributed by atoms with van der Waals surface area (Å²) >= 11 is 0. The van der Waals surface area contributed by atoms with Crippen LogP contribution >= 0.6 is 0 Å². The Bertz CT molecular complexity index is 108. The first kappa shape index (κ1) is 30.7. The predicted octanol–water partition coefficient (Wildman–Crippen LogP) is 7.10. The Hall–Kier alpha value is 0.830. The predicted molar refractivity (Wildman–Crippen MR) is 99.5 cm³/mol. The molecule has 0 saturated carbocycles. The zero-order valence-corrected chi connectivity index (χ0v) is 19.3. The van der Waals surface area contributed by atoms with Gasteiger partial charge < -0.3 is 19.3 Å². The average Bonchev–Trinajstić information content (AvgIpc) is 2.47. The smallest absolute Gasteiger partial charge is 0 e. The van der Waals surface area contributed by atoms with Crippen molar-refractivity contribution in [3.05, 3.63) is 13.8 Å². The van der Waals surface area contributed by atoms with Crippen molar-refractivity contribution in [3.8, 4) is 0 Å². The number of unbranched alkanes of at least 4 members (excludes halogenated alkanes) is 14. The van der Waals surface area contributed by atoms with Gasteiger partial charge in [0.05, 0.1) is 0 Å². The van der Waals surface area contributed by atoms with Crippen molar-refractivity contribution in [1.82, 2.24) is 0 Å². The van der Waals surface area contributed by atoms with E-state index in [0.29, 0.717) is 0 Å². The second-order valence-corrected chi connectivity index (χ2v) is 5.95. The molecule has 0 aromatic rings. The molecule has 136 valence electrons. The SMILES string of the molecule is O.[CH2-]CCCCCCCCC.[CH2-]CCCCCCCCC.[Hf]. The maximum Gasteiger partial charge on any atom is 0 e. The molecular weight excluding hydrogens is 435 g/mol. The molecule has 0 aliphatic rings. The summed E-state index contributed by atoms with van der Waals surface area (Å²) in [5, 5.41) is 0. The fourth-order valence-electron chi connectivity index (χ4n) is 2.27. The van der Waals surface area contributed by atoms with Crippen molar-refractivity contribution in [2.45, 2.75) is 117 Å². The second-order valence-electron chi connectivity index (χ2n) is 5.95. The molecule has 2 heteroatoms. The summed E-state index contributed by atoms with van der Waals surface area (Å²) in [6.45, 7) is 12.2. The first-order valence-corrected chi connectivity index (χ1v) is 9.41. The zero-order valence-electron chi connectivity index (χ0n) is 15.7. The van der Waals surface area contributed by atoms with Crippen LogP contribution in [0.5, 0.6) is 0 Å². The molecule has 2 N–H and O–H groups in total. The zero-order chi connectivity index (χ0) is 15.3. The van der Waals surface area contributed by atoms with Crippen molar-refractivity contribution in [2.24, 2.45) is 0 Å². The molecule has 0 amide bonds. The van der Waals surface area contributed by atoms with Crippen LogP contribution < -0.4 is 0 Å². The van der Waals surface area contributed by atoms with Crippen LogP contribution in [0.2, 0.25) is 0 Å². The van der Waals surface area contributed by atoms with Crippen LogP contribution in [0.25, 0.3) is 0 Å². The molecule has 1 nitrogen and oxygen atoms in total. The van der Waals surface area contributed by atoms with Crippen LogP contribution in [0, 0.1) is 13.8 Å². The van der Waals surface area contributed by atoms with Gasteiger partial charge >= 0.3 is 0 Å². The van der Waals surface area contributed by atoms with Gasteiger partial charge in [-0.05, 0) is 0 Å². The minimum absolute atomic E-state index is 0. The van der Waals surface area contributed by atoms with Crippen LogP contribution in [-0.2, 0) is 25.8 Å². The molecular formula is C20H44HfO-2. The second kappa shape index (κ2) is 33.4. The van der Waals surface area contributed by atoms with E-state index in [9.17, 15) is 0 Å². The summed E-state index contributed by atoms with van der Waals surface area (Å²) in [7, 11) is 0. The standard InChI is InChI=1S/2C10H21.Hf.H2O/c2*1-3-5-7-9-10-8-6-4-2;;/h2*1,3-10H2,2H3;;1H2/q2*-1;;. The van der Waals surface area contributed by atoms with Crippen LogP contribution in [0.1, 0.15) is 117 Å². The Morgan fingerprint density at radius 2 is 0.682 bits per heavy atom. The third-order valence-electron chi connectivity index (χ3n) is 3.71. The maximum atomic E-state index is 3.82. The Morgan fingerprint density at radius 3 is 0.909 bits per heavy atom. The van der Waals surface area contributed by atoms with Crippen LogP contribution in [0.3, 0.4) is 0 Å². The molecule has 0 aromatic heterocycles. The van der Waals surface area contributed by atoms with E-state index in [1.54, 1.807) is 0 Å². The molecule has 0 fully saturated rings.